The lowest BCUT2D eigenvalue weighted by Gasteiger charge is -2.07. The van der Waals surface area contributed by atoms with E-state index >= 15 is 0 Å². The van der Waals surface area contributed by atoms with E-state index in [-0.39, 0.29) is 18.4 Å². The van der Waals surface area contributed by atoms with Crippen LogP contribution in [0.15, 0.2) is 12.1 Å². The number of benzene rings is 1. The number of carbonyl (C=O) groups is 2. The highest BCUT2D eigenvalue weighted by molar-refractivity contribution is 5.77. The van der Waals surface area contributed by atoms with Crippen molar-refractivity contribution >= 4 is 11.9 Å². The van der Waals surface area contributed by atoms with Crippen molar-refractivity contribution in [3.8, 4) is 0 Å². The van der Waals surface area contributed by atoms with Gasteiger partial charge in [-0.05, 0) is 24.1 Å². The molecule has 0 N–H and O–H groups in total. The van der Waals surface area contributed by atoms with E-state index in [2.05, 4.69) is 6.92 Å². The van der Waals surface area contributed by atoms with Gasteiger partial charge < -0.3 is 9.47 Å². The van der Waals surface area contributed by atoms with Crippen LogP contribution in [0.2, 0.25) is 0 Å². The quantitative estimate of drug-likeness (QED) is 0.107. The van der Waals surface area contributed by atoms with Crippen molar-refractivity contribution in [1.82, 2.24) is 0 Å². The maximum absolute atomic E-state index is 13.1. The first-order valence-corrected chi connectivity index (χ1v) is 12.9. The van der Waals surface area contributed by atoms with Crippen LogP contribution in [0.3, 0.4) is 0 Å². The van der Waals surface area contributed by atoms with E-state index < -0.39 is 36.0 Å². The van der Waals surface area contributed by atoms with Gasteiger partial charge in [0.05, 0.1) is 19.4 Å². The van der Waals surface area contributed by atoms with Gasteiger partial charge in [0.15, 0.2) is 17.5 Å². The Balaban J connectivity index is 1.92. The van der Waals surface area contributed by atoms with Crippen LogP contribution in [0.1, 0.15) is 115 Å². The third-order valence-corrected chi connectivity index (χ3v) is 5.74. The number of hydrogen-bond acceptors (Lipinski definition) is 4. The van der Waals surface area contributed by atoms with Crippen LogP contribution in [0.4, 0.5) is 13.2 Å². The lowest BCUT2D eigenvalue weighted by molar-refractivity contribution is -0.151. The van der Waals surface area contributed by atoms with Crippen LogP contribution in [-0.2, 0) is 25.7 Å². The fourth-order valence-electron chi connectivity index (χ4n) is 3.69. The summed E-state index contributed by atoms with van der Waals surface area (Å²) in [5, 5.41) is 0. The standard InChI is InChI=1S/C27H41F3O4/c1-2-3-4-5-6-7-8-9-10-11-12-13-14-15-18-33-25(31)16-17-26(32)34-21-22-19-23(28)27(30)24(29)20-22/h19-20H,2-18,21H2,1H3. The molecule has 1 aromatic carbocycles. The number of hydrogen-bond donors (Lipinski definition) is 0. The molecule has 0 unspecified atom stereocenters. The zero-order valence-corrected chi connectivity index (χ0v) is 20.6. The smallest absolute Gasteiger partial charge is 0.306 e. The Morgan fingerprint density at radius 1 is 0.647 bits per heavy atom. The number of rotatable bonds is 20. The molecule has 0 atom stereocenters. The number of esters is 2. The molecule has 0 aromatic heterocycles. The Bertz CT molecular complexity index is 686. The number of halogens is 3. The molecule has 4 nitrogen and oxygen atoms in total. The van der Waals surface area contributed by atoms with Crippen LogP contribution in [0, 0.1) is 17.5 Å². The summed E-state index contributed by atoms with van der Waals surface area (Å²) >= 11 is 0. The van der Waals surface area contributed by atoms with Gasteiger partial charge in [-0.15, -0.1) is 0 Å². The zero-order chi connectivity index (χ0) is 25.0. The summed E-state index contributed by atoms with van der Waals surface area (Å²) in [6.45, 7) is 2.17. The fourth-order valence-corrected chi connectivity index (χ4v) is 3.69. The third-order valence-electron chi connectivity index (χ3n) is 5.74. The molecule has 0 aliphatic carbocycles. The molecule has 0 aliphatic heterocycles. The van der Waals surface area contributed by atoms with E-state index in [4.69, 9.17) is 9.47 Å². The summed E-state index contributed by atoms with van der Waals surface area (Å²) in [7, 11) is 0. The van der Waals surface area contributed by atoms with E-state index in [0.29, 0.717) is 6.61 Å². The van der Waals surface area contributed by atoms with Crippen LogP contribution in [0.25, 0.3) is 0 Å². The topological polar surface area (TPSA) is 52.6 Å². The molecule has 0 aliphatic rings. The van der Waals surface area contributed by atoms with Gasteiger partial charge in [-0.1, -0.05) is 90.4 Å². The molecule has 0 saturated heterocycles. The minimum Gasteiger partial charge on any atom is -0.466 e. The van der Waals surface area contributed by atoms with Crippen molar-refractivity contribution in [2.24, 2.45) is 0 Å². The van der Waals surface area contributed by atoms with Gasteiger partial charge >= 0.3 is 11.9 Å². The summed E-state index contributed by atoms with van der Waals surface area (Å²) in [4.78, 5) is 23.4. The molecule has 0 radical (unpaired) electrons. The fraction of sp³-hybridized carbons (Fsp3) is 0.704. The van der Waals surface area contributed by atoms with E-state index in [1.807, 2.05) is 0 Å². The molecule has 0 fully saturated rings. The number of ether oxygens (including phenoxy) is 2. The summed E-state index contributed by atoms with van der Waals surface area (Å²) in [5.41, 5.74) is -0.00914. The summed E-state index contributed by atoms with van der Waals surface area (Å²) in [6.07, 6.45) is 17.2. The predicted octanol–water partition coefficient (Wildman–Crippen LogP) is 7.95. The summed E-state index contributed by atoms with van der Waals surface area (Å²) in [5.74, 6) is -5.45. The molecule has 0 saturated carbocycles. The number of carbonyl (C=O) groups excluding carboxylic acids is 2. The molecule has 0 bridgehead atoms. The first kappa shape index (κ1) is 30.0. The van der Waals surface area contributed by atoms with E-state index in [9.17, 15) is 22.8 Å². The normalized spacial score (nSPS) is 10.9. The lowest BCUT2D eigenvalue weighted by Crippen LogP contribution is -2.11. The van der Waals surface area contributed by atoms with Crippen LogP contribution < -0.4 is 0 Å². The lowest BCUT2D eigenvalue weighted by atomic mass is 10.0. The second-order valence-electron chi connectivity index (χ2n) is 8.85. The molecule has 0 amide bonds. The molecule has 0 heterocycles. The van der Waals surface area contributed by atoms with Crippen molar-refractivity contribution in [1.29, 1.82) is 0 Å². The van der Waals surface area contributed by atoms with Crippen molar-refractivity contribution < 1.29 is 32.2 Å². The van der Waals surface area contributed by atoms with E-state index in [0.717, 1.165) is 31.4 Å². The van der Waals surface area contributed by atoms with Gasteiger partial charge in [-0.25, -0.2) is 13.2 Å². The van der Waals surface area contributed by atoms with Crippen molar-refractivity contribution in [2.45, 2.75) is 116 Å². The van der Waals surface area contributed by atoms with Crippen LogP contribution >= 0.6 is 0 Å². The Labute approximate surface area is 202 Å². The second-order valence-corrected chi connectivity index (χ2v) is 8.85. The molecule has 34 heavy (non-hydrogen) atoms. The van der Waals surface area contributed by atoms with Crippen molar-refractivity contribution in [2.75, 3.05) is 6.61 Å². The molecule has 0 spiro atoms. The van der Waals surface area contributed by atoms with Gasteiger partial charge in [0.1, 0.15) is 6.61 Å². The highest BCUT2D eigenvalue weighted by Crippen LogP contribution is 2.15. The molecule has 1 aromatic rings. The van der Waals surface area contributed by atoms with Crippen molar-refractivity contribution in [3.05, 3.63) is 35.1 Å². The van der Waals surface area contributed by atoms with Gasteiger partial charge in [0.2, 0.25) is 0 Å². The van der Waals surface area contributed by atoms with Gasteiger partial charge in [-0.3, -0.25) is 9.59 Å². The van der Waals surface area contributed by atoms with Gasteiger partial charge in [0, 0.05) is 0 Å². The Morgan fingerprint density at radius 3 is 1.53 bits per heavy atom. The predicted molar refractivity (Wildman–Crippen MR) is 127 cm³/mol. The molecular formula is C27H41F3O4. The monoisotopic (exact) mass is 486 g/mol. The Morgan fingerprint density at radius 2 is 1.06 bits per heavy atom. The molecule has 194 valence electrons. The van der Waals surface area contributed by atoms with Crippen LogP contribution in [0.5, 0.6) is 0 Å². The summed E-state index contributed by atoms with van der Waals surface area (Å²) < 4.78 is 49.1. The first-order chi connectivity index (χ1) is 16.4. The highest BCUT2D eigenvalue weighted by Gasteiger charge is 2.13. The molecule has 1 rings (SSSR count). The van der Waals surface area contributed by atoms with Gasteiger partial charge in [0.25, 0.3) is 0 Å². The number of unbranched alkanes of at least 4 members (excludes halogenated alkanes) is 13. The summed E-state index contributed by atoms with van der Waals surface area (Å²) in [6, 6.07) is 1.52. The maximum atomic E-state index is 13.1. The minimum absolute atomic E-state index is 0.00914. The zero-order valence-electron chi connectivity index (χ0n) is 20.6. The largest absolute Gasteiger partial charge is 0.466 e. The van der Waals surface area contributed by atoms with Crippen molar-refractivity contribution in [3.63, 3.8) is 0 Å². The maximum Gasteiger partial charge on any atom is 0.306 e. The average Bonchev–Trinajstić information content (AvgIpc) is 2.82. The molecular weight excluding hydrogens is 445 g/mol. The second kappa shape index (κ2) is 19.3. The highest BCUT2D eigenvalue weighted by atomic mass is 19.2. The minimum atomic E-state index is -1.57. The SMILES string of the molecule is CCCCCCCCCCCCCCCCOC(=O)CCC(=O)OCc1cc(F)c(F)c(F)c1. The Kier molecular flexibility index (Phi) is 17.0. The molecule has 7 heteroatoms. The average molecular weight is 487 g/mol. The first-order valence-electron chi connectivity index (χ1n) is 12.9. The van der Waals surface area contributed by atoms with E-state index in [1.165, 1.54) is 70.6 Å². The van der Waals surface area contributed by atoms with E-state index in [1.54, 1.807) is 0 Å². The Hall–Kier alpha value is -2.05. The van der Waals surface area contributed by atoms with Crippen LogP contribution in [-0.4, -0.2) is 18.5 Å². The van der Waals surface area contributed by atoms with Gasteiger partial charge in [-0.2, -0.15) is 0 Å². The third kappa shape index (κ3) is 15.0.